The number of fused-ring (bicyclic) bond motifs is 1. The topological polar surface area (TPSA) is 121 Å². The second-order valence-electron chi connectivity index (χ2n) is 9.22. The molecule has 1 aromatic carbocycles. The van der Waals surface area contributed by atoms with Crippen LogP contribution in [-0.2, 0) is 27.7 Å². The van der Waals surface area contributed by atoms with Crippen LogP contribution >= 0.6 is 22.9 Å². The van der Waals surface area contributed by atoms with E-state index in [2.05, 4.69) is 20.2 Å². The molecule has 9 nitrogen and oxygen atoms in total. The molecule has 3 aromatic rings. The molecule has 1 saturated heterocycles. The number of ether oxygens (including phenoxy) is 1. The van der Waals surface area contributed by atoms with Crippen LogP contribution in [0, 0.1) is 11.7 Å². The molecule has 200 valence electrons. The summed E-state index contributed by atoms with van der Waals surface area (Å²) in [5.41, 5.74) is 0.907. The third-order valence-electron chi connectivity index (χ3n) is 6.27. The Labute approximate surface area is 222 Å². The molecule has 1 fully saturated rings. The highest BCUT2D eigenvalue weighted by atomic mass is 35.5. The molecule has 2 N–H and O–H groups in total. The highest BCUT2D eigenvalue weighted by Crippen LogP contribution is 2.23. The maximum atomic E-state index is 13.3. The minimum Gasteiger partial charge on any atom is -0.376 e. The van der Waals surface area contributed by atoms with Crippen LogP contribution in [0.1, 0.15) is 34.6 Å². The van der Waals surface area contributed by atoms with Crippen molar-refractivity contribution in [3.63, 3.8) is 0 Å². The molecule has 0 saturated carbocycles. The van der Waals surface area contributed by atoms with Gasteiger partial charge in [0.2, 0.25) is 5.82 Å². The molecule has 0 bridgehead atoms. The van der Waals surface area contributed by atoms with Gasteiger partial charge in [-0.15, -0.1) is 11.3 Å². The number of nitrogens with one attached hydrogen (secondary N) is 2. The molecule has 4 rings (SSSR count). The van der Waals surface area contributed by atoms with Gasteiger partial charge in [0.1, 0.15) is 20.5 Å². The summed E-state index contributed by atoms with van der Waals surface area (Å²) < 4.78 is 41.9. The molecule has 13 heteroatoms. The number of likely N-dealkylation sites (tertiary alicyclic amines) is 1. The lowest BCUT2D eigenvalue weighted by Gasteiger charge is -2.31. The zero-order chi connectivity index (χ0) is 26.6. The zero-order valence-electron chi connectivity index (χ0n) is 20.3. The number of thiophene rings is 1. The van der Waals surface area contributed by atoms with Crippen LogP contribution in [0.15, 0.2) is 28.4 Å². The molecule has 0 unspecified atom stereocenters. The second kappa shape index (κ2) is 12.0. The molecule has 0 spiro atoms. The number of hydrogen-bond donors (Lipinski definition) is 2. The third-order valence-corrected chi connectivity index (χ3v) is 8.40. The number of sulfone groups is 1. The molecular formula is C24H28ClFN4O5S2. The number of benzene rings is 1. The van der Waals surface area contributed by atoms with Crippen molar-refractivity contribution in [2.24, 2.45) is 5.92 Å². The Kier molecular flexibility index (Phi) is 8.96. The van der Waals surface area contributed by atoms with Gasteiger partial charge in [-0.05, 0) is 54.9 Å². The summed E-state index contributed by atoms with van der Waals surface area (Å²) in [5.74, 6) is -0.662. The predicted molar refractivity (Wildman–Crippen MR) is 141 cm³/mol. The van der Waals surface area contributed by atoms with Gasteiger partial charge >= 0.3 is 0 Å². The zero-order valence-corrected chi connectivity index (χ0v) is 22.6. The third kappa shape index (κ3) is 7.57. The van der Waals surface area contributed by atoms with Crippen LogP contribution in [0.2, 0.25) is 5.02 Å². The maximum absolute atomic E-state index is 13.3. The van der Waals surface area contributed by atoms with Crippen molar-refractivity contribution in [2.75, 3.05) is 38.2 Å². The predicted octanol–water partition coefficient (Wildman–Crippen LogP) is 2.98. The first kappa shape index (κ1) is 27.6. The minimum absolute atomic E-state index is 0.0388. The number of halogens is 2. The SMILES string of the molecule is CS(=O)(=O)CCN1CCC(COCc2csc3nc(C(=O)NCc4ccc(F)c(Cl)c4)[nH]c(=O)c23)CC1. The molecule has 1 amide bonds. The first-order chi connectivity index (χ1) is 17.6. The summed E-state index contributed by atoms with van der Waals surface area (Å²) in [6, 6.07) is 4.15. The Morgan fingerprint density at radius 1 is 1.35 bits per heavy atom. The lowest BCUT2D eigenvalue weighted by Crippen LogP contribution is -2.37. The van der Waals surface area contributed by atoms with Gasteiger partial charge in [0.15, 0.2) is 0 Å². The highest BCUT2D eigenvalue weighted by molar-refractivity contribution is 7.90. The number of nitrogens with zero attached hydrogens (tertiary/aromatic N) is 2. The van der Waals surface area contributed by atoms with Crippen molar-refractivity contribution in [1.29, 1.82) is 0 Å². The Morgan fingerprint density at radius 3 is 2.81 bits per heavy atom. The summed E-state index contributed by atoms with van der Waals surface area (Å²) in [6.07, 6.45) is 3.11. The number of carbonyl (C=O) groups is 1. The summed E-state index contributed by atoms with van der Waals surface area (Å²) in [4.78, 5) is 34.7. The van der Waals surface area contributed by atoms with Crippen LogP contribution in [0.5, 0.6) is 0 Å². The van der Waals surface area contributed by atoms with E-state index in [1.807, 2.05) is 5.38 Å². The normalized spacial score (nSPS) is 15.3. The first-order valence-electron chi connectivity index (χ1n) is 11.8. The van der Waals surface area contributed by atoms with Gasteiger partial charge in [-0.1, -0.05) is 17.7 Å². The van der Waals surface area contributed by atoms with Crippen LogP contribution in [0.25, 0.3) is 10.2 Å². The van der Waals surface area contributed by atoms with Crippen molar-refractivity contribution in [2.45, 2.75) is 26.0 Å². The van der Waals surface area contributed by atoms with Crippen molar-refractivity contribution in [3.8, 4) is 0 Å². The second-order valence-corrected chi connectivity index (χ2v) is 12.7. The van der Waals surface area contributed by atoms with E-state index < -0.39 is 27.1 Å². The van der Waals surface area contributed by atoms with Crippen LogP contribution in [0.3, 0.4) is 0 Å². The van der Waals surface area contributed by atoms with E-state index in [0.29, 0.717) is 40.4 Å². The van der Waals surface area contributed by atoms with E-state index in [4.69, 9.17) is 16.3 Å². The highest BCUT2D eigenvalue weighted by Gasteiger charge is 2.21. The van der Waals surface area contributed by atoms with Crippen molar-refractivity contribution >= 4 is 48.9 Å². The molecule has 2 aromatic heterocycles. The van der Waals surface area contributed by atoms with Gasteiger partial charge in [-0.2, -0.15) is 0 Å². The molecule has 37 heavy (non-hydrogen) atoms. The van der Waals surface area contributed by atoms with Gasteiger partial charge in [0, 0.05) is 31.5 Å². The monoisotopic (exact) mass is 570 g/mol. The quantitative estimate of drug-likeness (QED) is 0.384. The standard InChI is InChI=1S/C24H28ClFN4O5S2/c1-37(33,34)9-8-30-6-4-15(5-7-30)12-35-13-17-14-36-24-20(17)22(31)28-21(29-24)23(32)27-11-16-2-3-19(26)18(25)10-16/h2-3,10,14-15H,4-9,11-13H2,1H3,(H,27,32)(H,28,29,31). The van der Waals surface area contributed by atoms with Crippen LogP contribution in [0.4, 0.5) is 4.39 Å². The Bertz CT molecular complexity index is 1430. The van der Waals surface area contributed by atoms with Crippen LogP contribution in [-0.4, -0.2) is 67.4 Å². The van der Waals surface area contributed by atoms with E-state index in [1.165, 1.54) is 35.8 Å². The summed E-state index contributed by atoms with van der Waals surface area (Å²) in [6.45, 7) is 3.15. The van der Waals surface area contributed by atoms with Crippen LogP contribution < -0.4 is 10.9 Å². The summed E-state index contributed by atoms with van der Waals surface area (Å²) in [7, 11) is -2.96. The molecule has 0 radical (unpaired) electrons. The average molecular weight is 571 g/mol. The Balaban J connectivity index is 1.29. The fourth-order valence-electron chi connectivity index (χ4n) is 4.14. The number of hydrogen-bond acceptors (Lipinski definition) is 8. The largest absolute Gasteiger partial charge is 0.376 e. The van der Waals surface area contributed by atoms with E-state index in [0.717, 1.165) is 25.9 Å². The van der Waals surface area contributed by atoms with Gasteiger partial charge in [0.25, 0.3) is 11.5 Å². The number of rotatable bonds is 10. The van der Waals surface area contributed by atoms with E-state index >= 15 is 0 Å². The van der Waals surface area contributed by atoms with Crippen molar-refractivity contribution in [3.05, 3.63) is 61.7 Å². The minimum atomic E-state index is -2.96. The number of piperidine rings is 1. The fourth-order valence-corrected chi connectivity index (χ4v) is 5.86. The molecule has 3 heterocycles. The number of carbonyl (C=O) groups excluding carboxylic acids is 1. The van der Waals surface area contributed by atoms with Crippen molar-refractivity contribution in [1.82, 2.24) is 20.2 Å². The molecule has 0 aliphatic carbocycles. The van der Waals surface area contributed by atoms with Gasteiger partial charge < -0.3 is 19.9 Å². The summed E-state index contributed by atoms with van der Waals surface area (Å²) >= 11 is 7.03. The van der Waals surface area contributed by atoms with Gasteiger partial charge in [-0.3, -0.25) is 9.59 Å². The fraction of sp³-hybridized carbons (Fsp3) is 0.458. The molecular weight excluding hydrogens is 543 g/mol. The van der Waals surface area contributed by atoms with E-state index in [-0.39, 0.29) is 29.8 Å². The Morgan fingerprint density at radius 2 is 2.11 bits per heavy atom. The average Bonchev–Trinajstić information content (AvgIpc) is 3.27. The number of aromatic amines is 1. The lowest BCUT2D eigenvalue weighted by molar-refractivity contribution is 0.0595. The molecule has 1 aliphatic rings. The first-order valence-corrected chi connectivity index (χ1v) is 15.1. The van der Waals surface area contributed by atoms with Crippen molar-refractivity contribution < 1.29 is 22.3 Å². The number of aromatic nitrogens is 2. The van der Waals surface area contributed by atoms with E-state index in [9.17, 15) is 22.4 Å². The summed E-state index contributed by atoms with van der Waals surface area (Å²) in [5, 5.41) is 4.82. The lowest BCUT2D eigenvalue weighted by atomic mass is 9.98. The van der Waals surface area contributed by atoms with E-state index in [1.54, 1.807) is 0 Å². The Hall–Kier alpha value is -2.38. The van der Waals surface area contributed by atoms with Gasteiger partial charge in [-0.25, -0.2) is 17.8 Å². The molecule has 0 atom stereocenters. The molecule has 1 aliphatic heterocycles. The maximum Gasteiger partial charge on any atom is 0.287 e. The van der Waals surface area contributed by atoms with Gasteiger partial charge in [0.05, 0.1) is 22.8 Å². The number of H-pyrrole nitrogens is 1. The smallest absolute Gasteiger partial charge is 0.287 e. The number of amides is 1.